The zero-order chi connectivity index (χ0) is 12.4. The Bertz CT molecular complexity index is 638. The van der Waals surface area contributed by atoms with Crippen LogP contribution < -0.4 is 0 Å². The van der Waals surface area contributed by atoms with Crippen molar-refractivity contribution in [3.63, 3.8) is 0 Å². The summed E-state index contributed by atoms with van der Waals surface area (Å²) in [5, 5.41) is 0. The van der Waals surface area contributed by atoms with Crippen molar-refractivity contribution in [2.45, 2.75) is 0 Å². The molecule has 0 saturated carbocycles. The fourth-order valence-corrected chi connectivity index (χ4v) is 4.79. The Kier molecular flexibility index (Phi) is 3.70. The molecule has 0 spiro atoms. The fourth-order valence-electron chi connectivity index (χ4n) is 1.88. The summed E-state index contributed by atoms with van der Waals surface area (Å²) in [5.74, 6) is 0. The second kappa shape index (κ2) is 5.45. The third-order valence-corrected chi connectivity index (χ3v) is 6.16. The normalized spacial score (nSPS) is 10.5. The zero-order valence-electron chi connectivity index (χ0n) is 9.64. The van der Waals surface area contributed by atoms with Crippen molar-refractivity contribution < 1.29 is 0 Å². The van der Waals surface area contributed by atoms with E-state index in [-0.39, 0.29) is 20.4 Å². The Labute approximate surface area is 125 Å². The van der Waals surface area contributed by atoms with E-state index in [1.165, 1.54) is 20.3 Å². The third-order valence-electron chi connectivity index (χ3n) is 2.84. The second-order valence-corrected chi connectivity index (χ2v) is 7.59. The molecule has 0 N–H and O–H groups in total. The molecule has 0 unspecified atom stereocenters. The van der Waals surface area contributed by atoms with E-state index in [0.717, 1.165) is 4.47 Å². The SMILES string of the molecule is Brc1ccc(-c2c[te]c(-c3ccccc3)c2)cc1. The Morgan fingerprint density at radius 2 is 1.44 bits per heavy atom. The Morgan fingerprint density at radius 1 is 0.722 bits per heavy atom. The van der Waals surface area contributed by atoms with Crippen molar-refractivity contribution in [1.82, 2.24) is 0 Å². The summed E-state index contributed by atoms with van der Waals surface area (Å²) in [6, 6.07) is 21.6. The van der Waals surface area contributed by atoms with Crippen LogP contribution in [0.3, 0.4) is 0 Å². The van der Waals surface area contributed by atoms with Crippen molar-refractivity contribution >= 4 is 36.4 Å². The molecule has 2 heteroatoms. The summed E-state index contributed by atoms with van der Waals surface area (Å²) in [5.41, 5.74) is 4.07. The minimum absolute atomic E-state index is 0.173. The van der Waals surface area contributed by atoms with Gasteiger partial charge in [-0.25, -0.2) is 0 Å². The molecule has 0 aliphatic carbocycles. The number of hydrogen-bond donors (Lipinski definition) is 0. The first-order valence-corrected chi connectivity index (χ1v) is 9.03. The van der Waals surface area contributed by atoms with E-state index in [1.807, 2.05) is 0 Å². The van der Waals surface area contributed by atoms with Gasteiger partial charge in [0.05, 0.1) is 0 Å². The number of benzene rings is 2. The molecule has 3 aromatic rings. The average Bonchev–Trinajstić information content (AvgIpc) is 2.90. The number of halogens is 1. The van der Waals surface area contributed by atoms with Gasteiger partial charge in [-0.05, 0) is 0 Å². The minimum atomic E-state index is -0.173. The molecular formula is C16H11BrTe. The van der Waals surface area contributed by atoms with E-state index in [2.05, 4.69) is 80.7 Å². The van der Waals surface area contributed by atoms with Crippen LogP contribution in [0.15, 0.2) is 69.2 Å². The van der Waals surface area contributed by atoms with Gasteiger partial charge < -0.3 is 0 Å². The van der Waals surface area contributed by atoms with Gasteiger partial charge >= 0.3 is 126 Å². The zero-order valence-corrected chi connectivity index (χ0v) is 13.6. The Morgan fingerprint density at radius 3 is 2.17 bits per heavy atom. The molecule has 0 bridgehead atoms. The maximum atomic E-state index is 3.48. The molecule has 0 fully saturated rings. The molecule has 0 aliphatic heterocycles. The summed E-state index contributed by atoms with van der Waals surface area (Å²) < 4.78 is 5.09. The second-order valence-electron chi connectivity index (χ2n) is 4.07. The summed E-state index contributed by atoms with van der Waals surface area (Å²) in [7, 11) is 0. The van der Waals surface area contributed by atoms with Crippen LogP contribution in [0.25, 0.3) is 20.3 Å². The van der Waals surface area contributed by atoms with Gasteiger partial charge in [-0.15, -0.1) is 0 Å². The maximum absolute atomic E-state index is 3.48. The van der Waals surface area contributed by atoms with Crippen LogP contribution in [0, 0.1) is 0 Å². The molecule has 1 heterocycles. The molecule has 18 heavy (non-hydrogen) atoms. The molecule has 0 radical (unpaired) electrons. The third kappa shape index (κ3) is 2.62. The quantitative estimate of drug-likeness (QED) is 0.530. The van der Waals surface area contributed by atoms with Crippen molar-refractivity contribution in [2.24, 2.45) is 0 Å². The Hall–Kier alpha value is -0.810. The Balaban J connectivity index is 1.97. The van der Waals surface area contributed by atoms with Gasteiger partial charge in [0.2, 0.25) is 0 Å². The first-order chi connectivity index (χ1) is 8.83. The molecule has 0 nitrogen and oxygen atoms in total. The molecule has 0 aliphatic rings. The summed E-state index contributed by atoms with van der Waals surface area (Å²) >= 11 is 3.30. The first kappa shape index (κ1) is 12.2. The molecule has 1 aromatic heterocycles. The van der Waals surface area contributed by atoms with Crippen LogP contribution >= 0.6 is 15.9 Å². The van der Waals surface area contributed by atoms with Gasteiger partial charge in [-0.2, -0.15) is 0 Å². The molecular weight excluding hydrogens is 400 g/mol. The van der Waals surface area contributed by atoms with E-state index < -0.39 is 0 Å². The van der Waals surface area contributed by atoms with E-state index >= 15 is 0 Å². The first-order valence-electron chi connectivity index (χ1n) is 5.73. The van der Waals surface area contributed by atoms with E-state index in [1.54, 1.807) is 0 Å². The summed E-state index contributed by atoms with van der Waals surface area (Å²) in [6.45, 7) is 0. The average molecular weight is 411 g/mol. The molecule has 0 amide bonds. The van der Waals surface area contributed by atoms with Crippen molar-refractivity contribution in [3.05, 3.63) is 69.2 Å². The number of hydrogen-bond acceptors (Lipinski definition) is 0. The van der Waals surface area contributed by atoms with Gasteiger partial charge in [-0.1, -0.05) is 0 Å². The summed E-state index contributed by atoms with van der Waals surface area (Å²) in [6.07, 6.45) is 0. The van der Waals surface area contributed by atoms with Crippen LogP contribution in [0.4, 0.5) is 0 Å². The van der Waals surface area contributed by atoms with Crippen LogP contribution in [0.2, 0.25) is 0 Å². The molecule has 2 aromatic carbocycles. The predicted molar refractivity (Wildman–Crippen MR) is 82.0 cm³/mol. The molecule has 88 valence electrons. The monoisotopic (exact) mass is 412 g/mol. The standard InChI is InChI=1S/C16H11BrTe/c17-15-8-6-12(7-9-15)14-10-16(18-11-14)13-4-2-1-3-5-13/h1-11H. The van der Waals surface area contributed by atoms with Crippen LogP contribution in [-0.2, 0) is 0 Å². The van der Waals surface area contributed by atoms with Crippen molar-refractivity contribution in [1.29, 1.82) is 0 Å². The van der Waals surface area contributed by atoms with E-state index in [9.17, 15) is 0 Å². The van der Waals surface area contributed by atoms with E-state index in [0.29, 0.717) is 0 Å². The van der Waals surface area contributed by atoms with Crippen molar-refractivity contribution in [2.75, 3.05) is 0 Å². The van der Waals surface area contributed by atoms with Gasteiger partial charge in [-0.3, -0.25) is 0 Å². The van der Waals surface area contributed by atoms with Gasteiger partial charge in [0, 0.05) is 0 Å². The van der Waals surface area contributed by atoms with E-state index in [4.69, 9.17) is 0 Å². The van der Waals surface area contributed by atoms with Crippen LogP contribution in [0.1, 0.15) is 0 Å². The topological polar surface area (TPSA) is 0 Å². The number of rotatable bonds is 2. The van der Waals surface area contributed by atoms with Gasteiger partial charge in [0.1, 0.15) is 0 Å². The van der Waals surface area contributed by atoms with Crippen LogP contribution in [-0.4, -0.2) is 20.4 Å². The van der Waals surface area contributed by atoms with Crippen LogP contribution in [0.5, 0.6) is 0 Å². The summed E-state index contributed by atoms with van der Waals surface area (Å²) in [4.78, 5) is 0. The predicted octanol–water partition coefficient (Wildman–Crippen LogP) is 4.84. The van der Waals surface area contributed by atoms with Gasteiger partial charge in [0.15, 0.2) is 0 Å². The molecule has 0 atom stereocenters. The molecule has 0 saturated heterocycles. The van der Waals surface area contributed by atoms with Crippen molar-refractivity contribution in [3.8, 4) is 20.3 Å². The van der Waals surface area contributed by atoms with Gasteiger partial charge in [0.25, 0.3) is 0 Å². The molecule has 3 rings (SSSR count). The fraction of sp³-hybridized carbons (Fsp3) is 0.